The molecule has 134 valence electrons. The minimum absolute atomic E-state index is 0.474. The number of rotatable bonds is 4. The molecule has 2 aromatic heterocycles. The van der Waals surface area contributed by atoms with Gasteiger partial charge in [0.15, 0.2) is 0 Å². The van der Waals surface area contributed by atoms with E-state index in [4.69, 9.17) is 9.82 Å². The van der Waals surface area contributed by atoms with E-state index in [0.29, 0.717) is 5.88 Å². The molecule has 0 radical (unpaired) electrons. The lowest BCUT2D eigenvalue weighted by Gasteiger charge is -2.09. The first kappa shape index (κ1) is 16.2. The van der Waals surface area contributed by atoms with E-state index in [0.717, 1.165) is 33.1 Å². The molecule has 0 aliphatic rings. The fraction of sp³-hybridized carbons (Fsp3) is 0. The maximum atomic E-state index is 6.04. The highest BCUT2D eigenvalue weighted by molar-refractivity contribution is 5.84. The van der Waals surface area contributed by atoms with Gasteiger partial charge in [-0.05, 0) is 41.1 Å². The van der Waals surface area contributed by atoms with Gasteiger partial charge in [0, 0.05) is 10.9 Å². The second kappa shape index (κ2) is 6.96. The van der Waals surface area contributed by atoms with E-state index in [1.807, 2.05) is 78.9 Å². The first-order valence-corrected chi connectivity index (χ1v) is 8.98. The number of aromatic nitrogens is 4. The maximum absolute atomic E-state index is 6.04. The molecule has 0 amide bonds. The van der Waals surface area contributed by atoms with E-state index in [1.165, 1.54) is 4.85 Å². The Hall–Kier alpha value is -3.99. The van der Waals surface area contributed by atoms with E-state index < -0.39 is 0 Å². The molecule has 0 unspecified atom stereocenters. The number of nitrogens with zero attached hydrogens (tertiary/aromatic N) is 4. The summed E-state index contributed by atoms with van der Waals surface area (Å²) in [5.74, 6) is 0.474. The number of hydrogen-bond donors (Lipinski definition) is 0. The predicted molar refractivity (Wildman–Crippen MR) is 111 cm³/mol. The molecule has 0 fully saturated rings. The van der Waals surface area contributed by atoms with Gasteiger partial charge in [-0.2, -0.15) is 0 Å². The van der Waals surface area contributed by atoms with E-state index in [9.17, 15) is 0 Å². The van der Waals surface area contributed by atoms with Crippen LogP contribution in [0.2, 0.25) is 0 Å². The fourth-order valence-electron chi connectivity index (χ4n) is 3.05. The highest BCUT2D eigenvalue weighted by atomic mass is 16.7. The monoisotopic (exact) mass is 364 g/mol. The van der Waals surface area contributed by atoms with Crippen molar-refractivity contribution in [3.8, 4) is 5.88 Å². The molecule has 0 aliphatic heterocycles. The van der Waals surface area contributed by atoms with Gasteiger partial charge in [-0.3, -0.25) is 0 Å². The summed E-state index contributed by atoms with van der Waals surface area (Å²) in [5.41, 5.74) is 4.38. The second-order valence-corrected chi connectivity index (χ2v) is 6.36. The van der Waals surface area contributed by atoms with E-state index in [2.05, 4.69) is 28.5 Å². The number of pyridine rings is 1. The van der Waals surface area contributed by atoms with Gasteiger partial charge in [0.1, 0.15) is 11.0 Å². The van der Waals surface area contributed by atoms with Crippen molar-refractivity contribution in [3.05, 3.63) is 96.1 Å². The van der Waals surface area contributed by atoms with Crippen LogP contribution in [0.15, 0.2) is 84.9 Å². The minimum atomic E-state index is 0.474. The number of benzene rings is 3. The Bertz CT molecular complexity index is 1290. The highest BCUT2D eigenvalue weighted by Gasteiger charge is 2.11. The van der Waals surface area contributed by atoms with Crippen LogP contribution in [-0.4, -0.2) is 20.1 Å². The molecule has 5 rings (SSSR count). The van der Waals surface area contributed by atoms with Gasteiger partial charge >= 0.3 is 0 Å². The van der Waals surface area contributed by atoms with Crippen LogP contribution in [0.5, 0.6) is 5.88 Å². The summed E-state index contributed by atoms with van der Waals surface area (Å²) in [4.78, 5) is 12.2. The van der Waals surface area contributed by atoms with Crippen molar-refractivity contribution in [1.29, 1.82) is 0 Å². The molecular weight excluding hydrogens is 348 g/mol. The lowest BCUT2D eigenvalue weighted by atomic mass is 10.1. The van der Waals surface area contributed by atoms with Crippen molar-refractivity contribution in [2.75, 3.05) is 0 Å². The Labute approximate surface area is 161 Å². The zero-order chi connectivity index (χ0) is 18.8. The molecule has 0 spiro atoms. The first-order valence-electron chi connectivity index (χ1n) is 8.98. The molecule has 3 aromatic carbocycles. The summed E-state index contributed by atoms with van der Waals surface area (Å²) >= 11 is 0. The van der Waals surface area contributed by atoms with Gasteiger partial charge in [-0.15, -0.1) is 5.10 Å². The van der Waals surface area contributed by atoms with Crippen LogP contribution in [0, 0.1) is 0 Å². The molecule has 2 heterocycles. The van der Waals surface area contributed by atoms with Crippen LogP contribution >= 0.6 is 0 Å². The summed E-state index contributed by atoms with van der Waals surface area (Å²) < 4.78 is 0. The van der Waals surface area contributed by atoms with Gasteiger partial charge in [0.25, 0.3) is 5.88 Å². The Morgan fingerprint density at radius 2 is 1.50 bits per heavy atom. The standard InChI is InChI=1S/C23H16N4O/c1-2-8-17(9-3-1)14-15-19-16-18-10-4-5-11-20(18)24-23(19)28-27-22-13-7-6-12-21(22)25-26-27/h1-16H/b15-14+. The average molecular weight is 364 g/mol. The van der Waals surface area contributed by atoms with Crippen LogP contribution in [0.1, 0.15) is 11.1 Å². The topological polar surface area (TPSA) is 52.8 Å². The molecule has 5 aromatic rings. The minimum Gasteiger partial charge on any atom is -0.335 e. The zero-order valence-electron chi connectivity index (χ0n) is 14.9. The molecule has 5 heteroatoms. The third kappa shape index (κ3) is 3.10. The molecule has 28 heavy (non-hydrogen) atoms. The molecule has 0 atom stereocenters. The molecular formula is C23H16N4O. The number of para-hydroxylation sites is 2. The summed E-state index contributed by atoms with van der Waals surface area (Å²) in [6, 6.07) is 27.8. The van der Waals surface area contributed by atoms with Gasteiger partial charge < -0.3 is 4.84 Å². The third-order valence-corrected chi connectivity index (χ3v) is 4.47. The Morgan fingerprint density at radius 1 is 0.750 bits per heavy atom. The van der Waals surface area contributed by atoms with Gasteiger partial charge in [0.05, 0.1) is 5.52 Å². The van der Waals surface area contributed by atoms with Crippen molar-refractivity contribution >= 4 is 34.1 Å². The van der Waals surface area contributed by atoms with Gasteiger partial charge in [-0.1, -0.05) is 71.6 Å². The van der Waals surface area contributed by atoms with Crippen LogP contribution in [0.25, 0.3) is 34.1 Å². The summed E-state index contributed by atoms with van der Waals surface area (Å²) in [6.45, 7) is 0. The molecule has 0 aliphatic carbocycles. The second-order valence-electron chi connectivity index (χ2n) is 6.36. The average Bonchev–Trinajstić information content (AvgIpc) is 3.16. The third-order valence-electron chi connectivity index (χ3n) is 4.47. The van der Waals surface area contributed by atoms with Crippen molar-refractivity contribution < 1.29 is 4.84 Å². The van der Waals surface area contributed by atoms with Crippen molar-refractivity contribution in [2.24, 2.45) is 0 Å². The molecule has 5 nitrogen and oxygen atoms in total. The molecule has 0 saturated heterocycles. The van der Waals surface area contributed by atoms with Crippen LogP contribution in [0.4, 0.5) is 0 Å². The number of hydrogen-bond acceptors (Lipinski definition) is 4. The first-order chi connectivity index (χ1) is 13.9. The summed E-state index contributed by atoms with van der Waals surface area (Å²) in [7, 11) is 0. The largest absolute Gasteiger partial charge is 0.335 e. The smallest absolute Gasteiger partial charge is 0.256 e. The van der Waals surface area contributed by atoms with E-state index in [-0.39, 0.29) is 0 Å². The van der Waals surface area contributed by atoms with E-state index >= 15 is 0 Å². The van der Waals surface area contributed by atoms with Crippen LogP contribution in [-0.2, 0) is 0 Å². The SMILES string of the molecule is C(=C\c1cc2ccccc2nc1On1nnc2ccccc21)/c1ccccc1. The predicted octanol–water partition coefficient (Wildman–Crippen LogP) is 4.99. The normalized spacial score (nSPS) is 11.4. The van der Waals surface area contributed by atoms with Crippen LogP contribution < -0.4 is 4.84 Å². The lowest BCUT2D eigenvalue weighted by Crippen LogP contribution is -2.09. The lowest BCUT2D eigenvalue weighted by molar-refractivity contribution is 0.176. The molecule has 0 bridgehead atoms. The molecule has 0 saturated carbocycles. The molecule has 0 N–H and O–H groups in total. The quantitative estimate of drug-likeness (QED) is 0.451. The number of fused-ring (bicyclic) bond motifs is 2. The van der Waals surface area contributed by atoms with Gasteiger partial charge in [-0.25, -0.2) is 4.98 Å². The van der Waals surface area contributed by atoms with Crippen LogP contribution in [0.3, 0.4) is 0 Å². The Balaban J connectivity index is 1.60. The zero-order valence-corrected chi connectivity index (χ0v) is 14.9. The fourth-order valence-corrected chi connectivity index (χ4v) is 3.05. The van der Waals surface area contributed by atoms with Gasteiger partial charge in [0.2, 0.25) is 0 Å². The highest BCUT2D eigenvalue weighted by Crippen LogP contribution is 2.25. The van der Waals surface area contributed by atoms with Crippen molar-refractivity contribution in [2.45, 2.75) is 0 Å². The Kier molecular flexibility index (Phi) is 4.03. The van der Waals surface area contributed by atoms with Crippen molar-refractivity contribution in [1.82, 2.24) is 20.1 Å². The van der Waals surface area contributed by atoms with Crippen molar-refractivity contribution in [3.63, 3.8) is 0 Å². The maximum Gasteiger partial charge on any atom is 0.256 e. The summed E-state index contributed by atoms with van der Waals surface area (Å²) in [5, 5.41) is 9.30. The summed E-state index contributed by atoms with van der Waals surface area (Å²) in [6.07, 6.45) is 4.04. The Morgan fingerprint density at radius 3 is 2.39 bits per heavy atom. The van der Waals surface area contributed by atoms with E-state index in [1.54, 1.807) is 0 Å².